The fourth-order valence-corrected chi connectivity index (χ4v) is 3.21. The second-order valence-electron chi connectivity index (χ2n) is 5.92. The topological polar surface area (TPSA) is 64.3 Å². The lowest BCUT2D eigenvalue weighted by Crippen LogP contribution is -2.32. The van der Waals surface area contributed by atoms with Crippen LogP contribution in [0.15, 0.2) is 30.3 Å². The molecule has 122 valence electrons. The zero-order valence-electron chi connectivity index (χ0n) is 13.8. The quantitative estimate of drug-likeness (QED) is 0.944. The number of hydrogen-bond donors (Lipinski definition) is 1. The van der Waals surface area contributed by atoms with Crippen molar-refractivity contribution in [2.24, 2.45) is 0 Å². The first-order valence-electron chi connectivity index (χ1n) is 8.22. The number of aromatic nitrogens is 2. The highest BCUT2D eigenvalue weighted by atomic mass is 16.5. The van der Waals surface area contributed by atoms with Gasteiger partial charge < -0.3 is 15.4 Å². The van der Waals surface area contributed by atoms with E-state index in [0.29, 0.717) is 12.6 Å². The normalized spacial score (nSPS) is 18.7. The fraction of sp³-hybridized carbons (Fsp3) is 0.444. The van der Waals surface area contributed by atoms with E-state index in [1.165, 1.54) is 11.1 Å². The van der Waals surface area contributed by atoms with Crippen molar-refractivity contribution in [3.8, 4) is 0 Å². The van der Waals surface area contributed by atoms with Gasteiger partial charge in [-0.15, -0.1) is 0 Å². The summed E-state index contributed by atoms with van der Waals surface area (Å²) in [7, 11) is 0. The van der Waals surface area contributed by atoms with E-state index in [0.717, 1.165) is 37.5 Å². The molecule has 1 fully saturated rings. The monoisotopic (exact) mass is 312 g/mol. The Hall–Kier alpha value is -2.14. The predicted molar refractivity (Wildman–Crippen MR) is 92.5 cm³/mol. The molecule has 0 radical (unpaired) electrons. The Balaban J connectivity index is 2.03. The number of benzene rings is 1. The van der Waals surface area contributed by atoms with Crippen LogP contribution in [-0.4, -0.2) is 29.7 Å². The number of anilines is 2. The van der Waals surface area contributed by atoms with Gasteiger partial charge in [-0.05, 0) is 30.9 Å². The first kappa shape index (κ1) is 15.7. The SMILES string of the molecule is CCc1ccccc1[C@H]1COCCCN1c1cc(C)nc(N)n1. The van der Waals surface area contributed by atoms with Crippen LogP contribution in [0.5, 0.6) is 0 Å². The molecule has 0 saturated carbocycles. The summed E-state index contributed by atoms with van der Waals surface area (Å²) in [4.78, 5) is 11.0. The Morgan fingerprint density at radius 1 is 1.30 bits per heavy atom. The molecule has 1 aliphatic rings. The van der Waals surface area contributed by atoms with E-state index in [1.54, 1.807) is 0 Å². The predicted octanol–water partition coefficient (Wildman–Crippen LogP) is 2.90. The number of hydrogen-bond acceptors (Lipinski definition) is 5. The van der Waals surface area contributed by atoms with E-state index >= 15 is 0 Å². The van der Waals surface area contributed by atoms with Gasteiger partial charge >= 0.3 is 0 Å². The highest BCUT2D eigenvalue weighted by Crippen LogP contribution is 2.31. The van der Waals surface area contributed by atoms with E-state index in [2.05, 4.69) is 46.1 Å². The smallest absolute Gasteiger partial charge is 0.222 e. The summed E-state index contributed by atoms with van der Waals surface area (Å²) in [6, 6.07) is 10.7. The highest BCUT2D eigenvalue weighted by Gasteiger charge is 2.26. The molecule has 1 atom stereocenters. The number of aryl methyl sites for hydroxylation is 2. The Kier molecular flexibility index (Phi) is 4.76. The third-order valence-corrected chi connectivity index (χ3v) is 4.29. The van der Waals surface area contributed by atoms with Crippen LogP contribution in [0.2, 0.25) is 0 Å². The summed E-state index contributed by atoms with van der Waals surface area (Å²) in [5, 5.41) is 0. The summed E-state index contributed by atoms with van der Waals surface area (Å²) in [5.74, 6) is 1.21. The van der Waals surface area contributed by atoms with E-state index < -0.39 is 0 Å². The Morgan fingerprint density at radius 3 is 2.91 bits per heavy atom. The molecule has 1 aromatic heterocycles. The van der Waals surface area contributed by atoms with E-state index in [9.17, 15) is 0 Å². The van der Waals surface area contributed by atoms with E-state index in [1.807, 2.05) is 13.0 Å². The van der Waals surface area contributed by atoms with E-state index in [4.69, 9.17) is 10.5 Å². The van der Waals surface area contributed by atoms with Gasteiger partial charge in [0, 0.05) is 24.9 Å². The van der Waals surface area contributed by atoms with Gasteiger partial charge in [-0.1, -0.05) is 31.2 Å². The van der Waals surface area contributed by atoms with Crippen LogP contribution in [0.4, 0.5) is 11.8 Å². The molecule has 0 amide bonds. The third-order valence-electron chi connectivity index (χ3n) is 4.29. The average molecular weight is 312 g/mol. The standard InChI is InChI=1S/C18H24N4O/c1-3-14-7-4-5-8-15(14)16-12-23-10-6-9-22(16)17-11-13(2)20-18(19)21-17/h4-5,7-8,11,16H,3,6,9-10,12H2,1-2H3,(H2,19,20,21)/t16-/m1/s1. The Labute approximate surface area is 137 Å². The average Bonchev–Trinajstić information content (AvgIpc) is 2.79. The van der Waals surface area contributed by atoms with Crippen LogP contribution >= 0.6 is 0 Å². The Bertz CT molecular complexity index is 654. The van der Waals surface area contributed by atoms with Crippen molar-refractivity contribution < 1.29 is 4.74 Å². The highest BCUT2D eigenvalue weighted by molar-refractivity contribution is 5.47. The lowest BCUT2D eigenvalue weighted by molar-refractivity contribution is 0.134. The van der Waals surface area contributed by atoms with Crippen LogP contribution < -0.4 is 10.6 Å². The van der Waals surface area contributed by atoms with Crippen LogP contribution in [0, 0.1) is 6.92 Å². The molecule has 2 N–H and O–H groups in total. The number of nitrogen functional groups attached to an aromatic ring is 1. The van der Waals surface area contributed by atoms with Crippen molar-refractivity contribution in [2.75, 3.05) is 30.4 Å². The lowest BCUT2D eigenvalue weighted by atomic mass is 9.97. The first-order valence-corrected chi connectivity index (χ1v) is 8.22. The largest absolute Gasteiger partial charge is 0.379 e. The van der Waals surface area contributed by atoms with Crippen LogP contribution in [0.3, 0.4) is 0 Å². The second kappa shape index (κ2) is 6.96. The molecule has 0 aliphatic carbocycles. The van der Waals surface area contributed by atoms with Crippen molar-refractivity contribution in [2.45, 2.75) is 32.7 Å². The molecule has 0 spiro atoms. The number of ether oxygens (including phenoxy) is 1. The summed E-state index contributed by atoms with van der Waals surface area (Å²) < 4.78 is 5.86. The molecule has 0 unspecified atom stereocenters. The molecular formula is C18H24N4O. The first-order chi connectivity index (χ1) is 11.2. The molecule has 0 bridgehead atoms. The summed E-state index contributed by atoms with van der Waals surface area (Å²) >= 11 is 0. The third kappa shape index (κ3) is 3.45. The molecule has 1 saturated heterocycles. The summed E-state index contributed by atoms with van der Waals surface area (Å²) in [6.45, 7) is 6.48. The minimum atomic E-state index is 0.155. The minimum Gasteiger partial charge on any atom is -0.379 e. The van der Waals surface area contributed by atoms with Gasteiger partial charge in [0.25, 0.3) is 0 Å². The number of rotatable bonds is 3. The molecule has 2 aromatic rings. The second-order valence-corrected chi connectivity index (χ2v) is 5.92. The van der Waals surface area contributed by atoms with Crippen molar-refractivity contribution in [3.05, 3.63) is 47.2 Å². The zero-order valence-corrected chi connectivity index (χ0v) is 13.8. The number of nitrogens with zero attached hydrogens (tertiary/aromatic N) is 3. The maximum absolute atomic E-state index is 5.87. The molecular weight excluding hydrogens is 288 g/mol. The van der Waals surface area contributed by atoms with Crippen molar-refractivity contribution in [3.63, 3.8) is 0 Å². The van der Waals surface area contributed by atoms with Gasteiger partial charge in [0.1, 0.15) is 5.82 Å². The lowest BCUT2D eigenvalue weighted by Gasteiger charge is -2.32. The maximum atomic E-state index is 5.87. The van der Waals surface area contributed by atoms with Crippen LogP contribution in [0.1, 0.15) is 36.2 Å². The summed E-state index contributed by atoms with van der Waals surface area (Å²) in [5.41, 5.74) is 9.42. The van der Waals surface area contributed by atoms with Crippen LogP contribution in [-0.2, 0) is 11.2 Å². The molecule has 5 nitrogen and oxygen atoms in total. The number of nitrogens with two attached hydrogens (primary N) is 1. The van der Waals surface area contributed by atoms with Crippen molar-refractivity contribution in [1.82, 2.24) is 9.97 Å². The summed E-state index contributed by atoms with van der Waals surface area (Å²) in [6.07, 6.45) is 1.99. The Morgan fingerprint density at radius 2 is 2.13 bits per heavy atom. The van der Waals surface area contributed by atoms with Crippen LogP contribution in [0.25, 0.3) is 0 Å². The van der Waals surface area contributed by atoms with Gasteiger partial charge in [0.05, 0.1) is 12.6 Å². The fourth-order valence-electron chi connectivity index (χ4n) is 3.21. The van der Waals surface area contributed by atoms with Gasteiger partial charge in [-0.2, -0.15) is 4.98 Å². The molecule has 3 rings (SSSR count). The maximum Gasteiger partial charge on any atom is 0.222 e. The zero-order chi connectivity index (χ0) is 16.2. The molecule has 2 heterocycles. The molecule has 1 aromatic carbocycles. The minimum absolute atomic E-state index is 0.155. The molecule has 5 heteroatoms. The van der Waals surface area contributed by atoms with Gasteiger partial charge in [0.2, 0.25) is 5.95 Å². The molecule has 23 heavy (non-hydrogen) atoms. The van der Waals surface area contributed by atoms with Gasteiger partial charge in [-0.25, -0.2) is 4.98 Å². The van der Waals surface area contributed by atoms with E-state index in [-0.39, 0.29) is 6.04 Å². The molecule has 1 aliphatic heterocycles. The van der Waals surface area contributed by atoms with Crippen molar-refractivity contribution >= 4 is 11.8 Å². The van der Waals surface area contributed by atoms with Crippen molar-refractivity contribution in [1.29, 1.82) is 0 Å². The van der Waals surface area contributed by atoms with Gasteiger partial charge in [-0.3, -0.25) is 0 Å². The van der Waals surface area contributed by atoms with Gasteiger partial charge in [0.15, 0.2) is 0 Å².